The lowest BCUT2D eigenvalue weighted by molar-refractivity contribution is 0.580. The second-order valence-corrected chi connectivity index (χ2v) is 6.98. The van der Waals surface area contributed by atoms with Crippen molar-refractivity contribution >= 4 is 59.0 Å². The Hall–Kier alpha value is -1.05. The predicted molar refractivity (Wildman–Crippen MR) is 108 cm³/mol. The Morgan fingerprint density at radius 2 is 1.85 bits per heavy atom. The van der Waals surface area contributed by atoms with Crippen LogP contribution in [0, 0.1) is 5.82 Å². The van der Waals surface area contributed by atoms with Gasteiger partial charge in [0.25, 0.3) is 0 Å². The zero-order chi connectivity index (χ0) is 18.0. The van der Waals surface area contributed by atoms with Crippen LogP contribution in [-0.4, -0.2) is 36.1 Å². The quantitative estimate of drug-likeness (QED) is 0.681. The fourth-order valence-corrected chi connectivity index (χ4v) is 3.32. The molecule has 1 aliphatic rings. The minimum atomic E-state index is -0.523. The Bertz CT molecular complexity index is 771. The maximum atomic E-state index is 13.8. The lowest BCUT2D eigenvalue weighted by atomic mass is 10.1. The number of nitrogens with zero attached hydrogens (tertiary/aromatic N) is 3. The topological polar surface area (TPSA) is 53.1 Å². The maximum Gasteiger partial charge on any atom is 0.227 e. The van der Waals surface area contributed by atoms with Gasteiger partial charge in [-0.25, -0.2) is 9.37 Å². The van der Waals surface area contributed by atoms with Gasteiger partial charge in [-0.2, -0.15) is 4.98 Å². The molecule has 0 aliphatic carbocycles. The van der Waals surface area contributed by atoms with Crippen molar-refractivity contribution < 1.29 is 4.39 Å². The molecule has 1 aliphatic heterocycles. The molecule has 0 spiro atoms. The Morgan fingerprint density at radius 1 is 1.15 bits per heavy atom. The first-order valence-electron chi connectivity index (χ1n) is 7.85. The molecule has 1 saturated heterocycles. The van der Waals surface area contributed by atoms with E-state index in [1.807, 2.05) is 6.92 Å². The second kappa shape index (κ2) is 9.24. The SMILES string of the molecule is CC(Nc1nc(N2CCNCC2)ncc1Cl)c1cc(F)c(Cl)cc1Cl.Cl. The van der Waals surface area contributed by atoms with Crippen molar-refractivity contribution in [1.29, 1.82) is 0 Å². The third-order valence-corrected chi connectivity index (χ3v) is 4.88. The van der Waals surface area contributed by atoms with Crippen LogP contribution >= 0.6 is 47.2 Å². The molecule has 0 bridgehead atoms. The summed E-state index contributed by atoms with van der Waals surface area (Å²) in [7, 11) is 0. The molecule has 0 saturated carbocycles. The number of hydrogen-bond acceptors (Lipinski definition) is 5. The summed E-state index contributed by atoms with van der Waals surface area (Å²) in [6.07, 6.45) is 1.56. The Morgan fingerprint density at radius 3 is 2.54 bits per heavy atom. The lowest BCUT2D eigenvalue weighted by Crippen LogP contribution is -2.44. The minimum absolute atomic E-state index is 0. The fraction of sp³-hybridized carbons (Fsp3) is 0.375. The fourth-order valence-electron chi connectivity index (χ4n) is 2.63. The van der Waals surface area contributed by atoms with Gasteiger partial charge in [0.1, 0.15) is 10.8 Å². The van der Waals surface area contributed by atoms with Gasteiger partial charge in [-0.3, -0.25) is 0 Å². The number of halogens is 5. The number of anilines is 2. The van der Waals surface area contributed by atoms with E-state index in [0.29, 0.717) is 27.4 Å². The highest BCUT2D eigenvalue weighted by molar-refractivity contribution is 6.35. The normalized spacial score (nSPS) is 15.3. The second-order valence-electron chi connectivity index (χ2n) is 5.76. The van der Waals surface area contributed by atoms with E-state index in [0.717, 1.165) is 26.2 Å². The largest absolute Gasteiger partial charge is 0.362 e. The number of benzene rings is 1. The Balaban J connectivity index is 0.00000243. The van der Waals surface area contributed by atoms with Crippen LogP contribution in [0.25, 0.3) is 0 Å². The molecule has 142 valence electrons. The van der Waals surface area contributed by atoms with Gasteiger partial charge in [0.2, 0.25) is 5.95 Å². The van der Waals surface area contributed by atoms with Gasteiger partial charge < -0.3 is 15.5 Å². The molecule has 0 radical (unpaired) electrons. The summed E-state index contributed by atoms with van der Waals surface area (Å²) in [5.74, 6) is 0.558. The third kappa shape index (κ3) is 4.81. The smallest absolute Gasteiger partial charge is 0.227 e. The average Bonchev–Trinajstić information content (AvgIpc) is 2.60. The molecule has 5 nitrogen and oxygen atoms in total. The van der Waals surface area contributed by atoms with Crippen molar-refractivity contribution in [2.24, 2.45) is 0 Å². The summed E-state index contributed by atoms with van der Waals surface area (Å²) in [4.78, 5) is 10.9. The van der Waals surface area contributed by atoms with Gasteiger partial charge in [-0.1, -0.05) is 34.8 Å². The first kappa shape index (κ1) is 21.3. The van der Waals surface area contributed by atoms with Crippen LogP contribution in [0.1, 0.15) is 18.5 Å². The monoisotopic (exact) mass is 439 g/mol. The van der Waals surface area contributed by atoms with E-state index in [2.05, 4.69) is 25.5 Å². The zero-order valence-corrected chi connectivity index (χ0v) is 17.0. The summed E-state index contributed by atoms with van der Waals surface area (Å²) < 4.78 is 13.8. The highest BCUT2D eigenvalue weighted by Gasteiger charge is 2.18. The van der Waals surface area contributed by atoms with Crippen molar-refractivity contribution in [3.05, 3.63) is 44.8 Å². The molecule has 1 fully saturated rings. The van der Waals surface area contributed by atoms with Crippen LogP contribution in [0.15, 0.2) is 18.3 Å². The van der Waals surface area contributed by atoms with Crippen molar-refractivity contribution in [1.82, 2.24) is 15.3 Å². The molecule has 0 amide bonds. The van der Waals surface area contributed by atoms with Crippen LogP contribution in [0.5, 0.6) is 0 Å². The van der Waals surface area contributed by atoms with Crippen LogP contribution < -0.4 is 15.5 Å². The molecule has 1 atom stereocenters. The molecule has 3 rings (SSSR count). The highest BCUT2D eigenvalue weighted by atomic mass is 35.5. The summed E-state index contributed by atoms with van der Waals surface area (Å²) in [5.41, 5.74) is 0.571. The number of rotatable bonds is 4. The molecular formula is C16H18Cl4FN5. The molecule has 1 unspecified atom stereocenters. The van der Waals surface area contributed by atoms with E-state index >= 15 is 0 Å². The number of aromatic nitrogens is 2. The van der Waals surface area contributed by atoms with E-state index in [9.17, 15) is 4.39 Å². The molecule has 2 heterocycles. The molecule has 26 heavy (non-hydrogen) atoms. The van der Waals surface area contributed by atoms with Crippen LogP contribution in [0.2, 0.25) is 15.1 Å². The Labute approximate surface area is 172 Å². The summed E-state index contributed by atoms with van der Waals surface area (Å²) in [5, 5.41) is 7.20. The first-order valence-corrected chi connectivity index (χ1v) is 8.98. The molecule has 1 aromatic carbocycles. The van der Waals surface area contributed by atoms with Crippen LogP contribution in [-0.2, 0) is 0 Å². The van der Waals surface area contributed by atoms with Crippen LogP contribution in [0.3, 0.4) is 0 Å². The van der Waals surface area contributed by atoms with Crippen molar-refractivity contribution in [3.63, 3.8) is 0 Å². The number of nitrogens with one attached hydrogen (secondary N) is 2. The minimum Gasteiger partial charge on any atom is -0.362 e. The van der Waals surface area contributed by atoms with Gasteiger partial charge in [-0.15, -0.1) is 12.4 Å². The standard InChI is InChI=1S/C16H17Cl3FN5.ClH/c1-9(10-6-14(20)12(18)7-11(10)17)23-15-13(19)8-22-16(24-15)25-4-2-21-3-5-25;/h6-9,21H,2-5H2,1H3,(H,22,23,24);1H. The van der Waals surface area contributed by atoms with Gasteiger partial charge in [-0.05, 0) is 24.6 Å². The maximum absolute atomic E-state index is 13.8. The van der Waals surface area contributed by atoms with E-state index in [1.54, 1.807) is 6.20 Å². The Kier molecular flexibility index (Phi) is 7.55. The lowest BCUT2D eigenvalue weighted by Gasteiger charge is -2.28. The van der Waals surface area contributed by atoms with Crippen molar-refractivity contribution in [3.8, 4) is 0 Å². The van der Waals surface area contributed by atoms with Gasteiger partial charge in [0, 0.05) is 31.2 Å². The molecule has 2 N–H and O–H groups in total. The molecule has 10 heteroatoms. The summed E-state index contributed by atoms with van der Waals surface area (Å²) in [6.45, 7) is 5.25. The third-order valence-electron chi connectivity index (χ3n) is 3.99. The molecule has 1 aromatic heterocycles. The number of hydrogen-bond donors (Lipinski definition) is 2. The van der Waals surface area contributed by atoms with Crippen LogP contribution in [0.4, 0.5) is 16.2 Å². The first-order chi connectivity index (χ1) is 12.0. The van der Waals surface area contributed by atoms with E-state index in [-0.39, 0.29) is 23.5 Å². The average molecular weight is 441 g/mol. The molecule has 2 aromatic rings. The van der Waals surface area contributed by atoms with Gasteiger partial charge >= 0.3 is 0 Å². The van der Waals surface area contributed by atoms with Gasteiger partial charge in [0.05, 0.1) is 17.3 Å². The van der Waals surface area contributed by atoms with E-state index in [1.165, 1.54) is 12.1 Å². The molecular weight excluding hydrogens is 423 g/mol. The van der Waals surface area contributed by atoms with E-state index in [4.69, 9.17) is 34.8 Å². The van der Waals surface area contributed by atoms with Crippen molar-refractivity contribution in [2.45, 2.75) is 13.0 Å². The zero-order valence-electron chi connectivity index (χ0n) is 13.9. The highest BCUT2D eigenvalue weighted by Crippen LogP contribution is 2.32. The summed E-state index contributed by atoms with van der Waals surface area (Å²) >= 11 is 18.2. The number of piperazine rings is 1. The summed E-state index contributed by atoms with van der Waals surface area (Å²) in [6, 6.07) is 2.39. The van der Waals surface area contributed by atoms with Crippen molar-refractivity contribution in [2.75, 3.05) is 36.4 Å². The van der Waals surface area contributed by atoms with E-state index < -0.39 is 5.82 Å². The van der Waals surface area contributed by atoms with Gasteiger partial charge in [0.15, 0.2) is 5.82 Å². The predicted octanol–water partition coefficient (Wildman–Crippen LogP) is 4.58.